The maximum atomic E-state index is 14.2. The van der Waals surface area contributed by atoms with Crippen LogP contribution in [-0.4, -0.2) is 51.8 Å². The standard InChI is InChI=1S/C27H30FN3O4/c1-15-8-18(6-7-20(15)28)31-22-9-16-12-29-30-21(16)10-19(22)23(24(31)26(2,3)14-34-5)17-11-27(4,25(32)33)35-13-17/h6-10,12,17H,11,13-14H2,1-5H3,(H,29,30)(H,32,33)/t17-,27+/m0/s1. The van der Waals surface area contributed by atoms with Crippen LogP contribution in [0, 0.1) is 12.7 Å². The molecule has 4 aromatic rings. The summed E-state index contributed by atoms with van der Waals surface area (Å²) in [6.07, 6.45) is 2.13. The Balaban J connectivity index is 1.88. The third-order valence-corrected chi connectivity index (χ3v) is 7.21. The number of aromatic nitrogens is 3. The van der Waals surface area contributed by atoms with Crippen molar-refractivity contribution < 1.29 is 23.8 Å². The molecule has 2 aromatic carbocycles. The summed E-state index contributed by atoms with van der Waals surface area (Å²) in [5, 5.41) is 19.0. The van der Waals surface area contributed by atoms with Crippen LogP contribution in [0.5, 0.6) is 0 Å². The first-order valence-corrected chi connectivity index (χ1v) is 11.7. The Morgan fingerprint density at radius 2 is 2.14 bits per heavy atom. The van der Waals surface area contributed by atoms with Crippen LogP contribution >= 0.6 is 0 Å². The first-order valence-electron chi connectivity index (χ1n) is 11.7. The van der Waals surface area contributed by atoms with Crippen LogP contribution in [0.4, 0.5) is 4.39 Å². The number of nitrogens with one attached hydrogen (secondary N) is 1. The van der Waals surface area contributed by atoms with E-state index in [-0.39, 0.29) is 11.7 Å². The number of carbonyl (C=O) groups is 1. The van der Waals surface area contributed by atoms with Crippen molar-refractivity contribution in [2.24, 2.45) is 0 Å². The van der Waals surface area contributed by atoms with Crippen LogP contribution in [0.3, 0.4) is 0 Å². The van der Waals surface area contributed by atoms with Gasteiger partial charge in [-0.3, -0.25) is 5.10 Å². The number of aliphatic carboxylic acids is 1. The lowest BCUT2D eigenvalue weighted by molar-refractivity contribution is -0.157. The summed E-state index contributed by atoms with van der Waals surface area (Å²) < 4.78 is 27.9. The topological polar surface area (TPSA) is 89.4 Å². The van der Waals surface area contributed by atoms with Crippen LogP contribution < -0.4 is 0 Å². The normalized spacial score (nSPS) is 20.8. The van der Waals surface area contributed by atoms with Crippen molar-refractivity contribution in [1.29, 1.82) is 0 Å². The molecule has 5 rings (SSSR count). The molecule has 0 unspecified atom stereocenters. The van der Waals surface area contributed by atoms with E-state index in [1.165, 1.54) is 6.07 Å². The lowest BCUT2D eigenvalue weighted by atomic mass is 9.81. The number of nitrogens with zero attached hydrogens (tertiary/aromatic N) is 2. The fourth-order valence-electron chi connectivity index (χ4n) is 5.50. The summed E-state index contributed by atoms with van der Waals surface area (Å²) in [7, 11) is 1.67. The smallest absolute Gasteiger partial charge is 0.335 e. The predicted molar refractivity (Wildman–Crippen MR) is 132 cm³/mol. The highest BCUT2D eigenvalue weighted by Crippen LogP contribution is 2.47. The fraction of sp³-hybridized carbons (Fsp3) is 0.407. The number of rotatable bonds is 6. The van der Waals surface area contributed by atoms with Gasteiger partial charge in [-0.15, -0.1) is 0 Å². The maximum absolute atomic E-state index is 14.2. The molecule has 1 fully saturated rings. The van der Waals surface area contributed by atoms with Gasteiger partial charge in [0.05, 0.1) is 30.4 Å². The number of fused-ring (bicyclic) bond motifs is 2. The summed E-state index contributed by atoms with van der Waals surface area (Å²) in [4.78, 5) is 12.0. The molecule has 7 nitrogen and oxygen atoms in total. The minimum absolute atomic E-state index is 0.145. The number of hydrogen-bond donors (Lipinski definition) is 2. The van der Waals surface area contributed by atoms with Gasteiger partial charge in [-0.05, 0) is 61.7 Å². The molecular formula is C27H30FN3O4. The Kier molecular flexibility index (Phi) is 5.49. The Bertz CT molecular complexity index is 1450. The minimum Gasteiger partial charge on any atom is -0.479 e. The number of halogens is 1. The maximum Gasteiger partial charge on any atom is 0.335 e. The molecule has 0 spiro atoms. The van der Waals surface area contributed by atoms with Gasteiger partial charge in [0.1, 0.15) is 5.82 Å². The van der Waals surface area contributed by atoms with E-state index in [1.54, 1.807) is 33.2 Å². The molecule has 0 amide bonds. The molecule has 2 N–H and O–H groups in total. The van der Waals surface area contributed by atoms with Crippen LogP contribution in [-0.2, 0) is 19.7 Å². The van der Waals surface area contributed by atoms with E-state index in [1.807, 2.05) is 6.07 Å². The number of carboxylic acid groups (broad SMARTS) is 1. The number of carboxylic acids is 1. The third kappa shape index (κ3) is 3.72. The Labute approximate surface area is 202 Å². The van der Waals surface area contributed by atoms with Gasteiger partial charge in [-0.1, -0.05) is 13.8 Å². The van der Waals surface area contributed by atoms with E-state index in [4.69, 9.17) is 9.47 Å². The summed E-state index contributed by atoms with van der Waals surface area (Å²) in [5.41, 5.74) is 3.56. The Morgan fingerprint density at radius 1 is 1.37 bits per heavy atom. The minimum atomic E-state index is -1.26. The van der Waals surface area contributed by atoms with E-state index in [9.17, 15) is 14.3 Å². The van der Waals surface area contributed by atoms with Crippen molar-refractivity contribution in [3.8, 4) is 5.69 Å². The van der Waals surface area contributed by atoms with Gasteiger partial charge in [0, 0.05) is 40.6 Å². The molecule has 0 bridgehead atoms. The Hall–Kier alpha value is -3.23. The molecule has 0 aliphatic carbocycles. The van der Waals surface area contributed by atoms with Crippen molar-refractivity contribution in [2.45, 2.75) is 51.0 Å². The lowest BCUT2D eigenvalue weighted by Gasteiger charge is -2.29. The molecule has 1 saturated heterocycles. The average Bonchev–Trinajstić information content (AvgIpc) is 3.50. The monoisotopic (exact) mass is 479 g/mol. The number of ether oxygens (including phenoxy) is 2. The first-order chi connectivity index (χ1) is 16.6. The van der Waals surface area contributed by atoms with Crippen LogP contribution in [0.25, 0.3) is 27.5 Å². The summed E-state index contributed by atoms with van der Waals surface area (Å²) in [6.45, 7) is 8.34. The van der Waals surface area contributed by atoms with Crippen molar-refractivity contribution in [2.75, 3.05) is 20.3 Å². The van der Waals surface area contributed by atoms with Crippen LogP contribution in [0.1, 0.15) is 49.9 Å². The van der Waals surface area contributed by atoms with E-state index < -0.39 is 17.0 Å². The molecule has 2 atom stereocenters. The quantitative estimate of drug-likeness (QED) is 0.396. The molecule has 0 saturated carbocycles. The highest BCUT2D eigenvalue weighted by Gasteiger charge is 2.46. The fourth-order valence-corrected chi connectivity index (χ4v) is 5.50. The average molecular weight is 480 g/mol. The second-order valence-corrected chi connectivity index (χ2v) is 10.4. The molecule has 184 valence electrons. The largest absolute Gasteiger partial charge is 0.479 e. The van der Waals surface area contributed by atoms with Gasteiger partial charge in [0.15, 0.2) is 5.60 Å². The number of aromatic amines is 1. The second-order valence-electron chi connectivity index (χ2n) is 10.4. The van der Waals surface area contributed by atoms with E-state index in [2.05, 4.69) is 40.7 Å². The van der Waals surface area contributed by atoms with Gasteiger partial charge in [-0.25, -0.2) is 9.18 Å². The summed E-state index contributed by atoms with van der Waals surface area (Å²) in [5.74, 6) is -1.37. The molecule has 1 aliphatic heterocycles. The van der Waals surface area contributed by atoms with E-state index >= 15 is 0 Å². The van der Waals surface area contributed by atoms with Gasteiger partial charge in [0.2, 0.25) is 0 Å². The highest BCUT2D eigenvalue weighted by molar-refractivity contribution is 5.99. The zero-order chi connectivity index (χ0) is 25.1. The number of methoxy groups -OCH3 is 1. The summed E-state index contributed by atoms with van der Waals surface area (Å²) >= 11 is 0. The predicted octanol–water partition coefficient (Wildman–Crippen LogP) is 5.23. The molecule has 3 heterocycles. The van der Waals surface area contributed by atoms with Crippen molar-refractivity contribution in [3.05, 3.63) is 59.2 Å². The number of benzene rings is 2. The molecular weight excluding hydrogens is 449 g/mol. The number of H-pyrrole nitrogens is 1. The Morgan fingerprint density at radius 3 is 2.80 bits per heavy atom. The zero-order valence-corrected chi connectivity index (χ0v) is 20.6. The third-order valence-electron chi connectivity index (χ3n) is 7.21. The van der Waals surface area contributed by atoms with E-state index in [0.29, 0.717) is 25.2 Å². The highest BCUT2D eigenvalue weighted by atomic mass is 19.1. The van der Waals surface area contributed by atoms with Gasteiger partial charge >= 0.3 is 5.97 Å². The summed E-state index contributed by atoms with van der Waals surface area (Å²) in [6, 6.07) is 9.26. The molecule has 1 aliphatic rings. The van der Waals surface area contributed by atoms with Crippen LogP contribution in [0.15, 0.2) is 36.5 Å². The first kappa shape index (κ1) is 23.5. The lowest BCUT2D eigenvalue weighted by Crippen LogP contribution is -2.34. The van der Waals surface area contributed by atoms with Gasteiger partial charge in [0.25, 0.3) is 0 Å². The second kappa shape index (κ2) is 8.17. The number of hydrogen-bond acceptors (Lipinski definition) is 4. The van der Waals surface area contributed by atoms with Gasteiger partial charge < -0.3 is 19.1 Å². The van der Waals surface area contributed by atoms with Crippen molar-refractivity contribution >= 4 is 27.8 Å². The molecule has 8 heteroatoms. The van der Waals surface area contributed by atoms with Crippen LogP contribution in [0.2, 0.25) is 0 Å². The number of aryl methyl sites for hydroxylation is 1. The molecule has 35 heavy (non-hydrogen) atoms. The zero-order valence-electron chi connectivity index (χ0n) is 20.6. The SMILES string of the molecule is COCC(C)(C)c1c([C@@H]2CO[C@@](C)(C(=O)O)C2)c2cc3[nH]ncc3cc2n1-c1ccc(F)c(C)c1. The van der Waals surface area contributed by atoms with E-state index in [0.717, 1.165) is 38.8 Å². The van der Waals surface area contributed by atoms with Crippen molar-refractivity contribution in [3.63, 3.8) is 0 Å². The van der Waals surface area contributed by atoms with Gasteiger partial charge in [-0.2, -0.15) is 5.10 Å². The molecule has 0 radical (unpaired) electrons. The molecule has 2 aromatic heterocycles. The van der Waals surface area contributed by atoms with Crippen molar-refractivity contribution in [1.82, 2.24) is 14.8 Å².